The van der Waals surface area contributed by atoms with E-state index in [1.165, 1.54) is 11.8 Å². The van der Waals surface area contributed by atoms with Gasteiger partial charge in [-0.2, -0.15) is 0 Å². The summed E-state index contributed by atoms with van der Waals surface area (Å²) in [5.74, 6) is 0. The lowest BCUT2D eigenvalue weighted by atomic mass is 10.2. The molecule has 1 aromatic rings. The van der Waals surface area contributed by atoms with Gasteiger partial charge in [-0.25, -0.2) is 0 Å². The Bertz CT molecular complexity index is 284. The molecular formula is C9H12N2OS. The van der Waals surface area contributed by atoms with Crippen molar-refractivity contribution in [3.8, 4) is 0 Å². The van der Waals surface area contributed by atoms with E-state index in [9.17, 15) is 4.79 Å². The summed E-state index contributed by atoms with van der Waals surface area (Å²) in [5, 5.41) is 2.73. The highest BCUT2D eigenvalue weighted by Crippen LogP contribution is 2.05. The van der Waals surface area contributed by atoms with Crippen LogP contribution in [0.1, 0.15) is 5.56 Å². The minimum atomic E-state index is -0.0168. The summed E-state index contributed by atoms with van der Waals surface area (Å²) in [4.78, 5) is 10.9. The van der Waals surface area contributed by atoms with E-state index >= 15 is 0 Å². The number of hydrogen-bond donors (Lipinski definition) is 2. The van der Waals surface area contributed by atoms with Crippen LogP contribution in [-0.2, 0) is 6.54 Å². The number of nitrogens with two attached hydrogens (primary N) is 1. The van der Waals surface area contributed by atoms with Gasteiger partial charge in [-0.3, -0.25) is 4.79 Å². The first-order chi connectivity index (χ1) is 6.22. The molecule has 0 aliphatic heterocycles. The van der Waals surface area contributed by atoms with Gasteiger partial charge in [0.15, 0.2) is 0 Å². The van der Waals surface area contributed by atoms with Crippen molar-refractivity contribution in [1.29, 1.82) is 0 Å². The molecule has 0 bridgehead atoms. The Hall–Kier alpha value is -1.16. The first kappa shape index (κ1) is 9.92. The van der Waals surface area contributed by atoms with Crippen LogP contribution in [0.4, 0.5) is 10.5 Å². The Balaban J connectivity index is 2.46. The molecular weight excluding hydrogens is 184 g/mol. The summed E-state index contributed by atoms with van der Waals surface area (Å²) >= 11 is 1.17. The van der Waals surface area contributed by atoms with Crippen molar-refractivity contribution in [1.82, 2.24) is 5.32 Å². The van der Waals surface area contributed by atoms with E-state index in [1.54, 1.807) is 6.26 Å². The number of nitrogens with one attached hydrogen (secondary N) is 1. The Morgan fingerprint density at radius 1 is 1.46 bits per heavy atom. The second-order valence-electron chi connectivity index (χ2n) is 2.59. The van der Waals surface area contributed by atoms with Gasteiger partial charge in [0.1, 0.15) is 0 Å². The standard InChI is InChI=1S/C9H12N2OS/c1-13-9(12)11-6-7-2-4-8(10)5-3-7/h2-5H,6,10H2,1H3,(H,11,12). The van der Waals surface area contributed by atoms with Crippen LogP contribution in [-0.4, -0.2) is 11.5 Å². The number of benzene rings is 1. The van der Waals surface area contributed by atoms with Crippen LogP contribution < -0.4 is 11.1 Å². The SMILES string of the molecule is CSC(=O)NCc1ccc(N)cc1. The fourth-order valence-electron chi connectivity index (χ4n) is 0.882. The molecule has 0 saturated carbocycles. The van der Waals surface area contributed by atoms with E-state index < -0.39 is 0 Å². The number of thioether (sulfide) groups is 1. The van der Waals surface area contributed by atoms with Crippen LogP contribution in [0.15, 0.2) is 24.3 Å². The largest absolute Gasteiger partial charge is 0.399 e. The van der Waals surface area contributed by atoms with Crippen LogP contribution >= 0.6 is 11.8 Å². The number of anilines is 1. The quantitative estimate of drug-likeness (QED) is 0.710. The Kier molecular flexibility index (Phi) is 3.64. The molecule has 3 nitrogen and oxygen atoms in total. The smallest absolute Gasteiger partial charge is 0.279 e. The molecule has 0 atom stereocenters. The summed E-state index contributed by atoms with van der Waals surface area (Å²) in [7, 11) is 0. The van der Waals surface area contributed by atoms with Gasteiger partial charge in [0.05, 0.1) is 0 Å². The van der Waals surface area contributed by atoms with Gasteiger partial charge in [0.25, 0.3) is 5.24 Å². The molecule has 0 unspecified atom stereocenters. The molecule has 1 aromatic carbocycles. The van der Waals surface area contributed by atoms with E-state index in [0.717, 1.165) is 11.3 Å². The number of amides is 1. The average Bonchev–Trinajstić information content (AvgIpc) is 2.16. The first-order valence-corrected chi connectivity index (χ1v) is 5.11. The van der Waals surface area contributed by atoms with Gasteiger partial charge in [-0.15, -0.1) is 0 Å². The lowest BCUT2D eigenvalue weighted by Crippen LogP contribution is -2.17. The van der Waals surface area contributed by atoms with Crippen molar-refractivity contribution < 1.29 is 4.79 Å². The number of carbonyl (C=O) groups is 1. The minimum absolute atomic E-state index is 0.0168. The zero-order valence-corrected chi connectivity index (χ0v) is 8.23. The summed E-state index contributed by atoms with van der Waals surface area (Å²) < 4.78 is 0. The van der Waals surface area contributed by atoms with Gasteiger partial charge in [-0.1, -0.05) is 23.9 Å². The summed E-state index contributed by atoms with van der Waals surface area (Å²) in [6, 6.07) is 7.44. The normalized spacial score (nSPS) is 9.62. The number of nitrogen functional groups attached to an aromatic ring is 1. The molecule has 70 valence electrons. The maximum Gasteiger partial charge on any atom is 0.279 e. The van der Waals surface area contributed by atoms with Gasteiger partial charge >= 0.3 is 0 Å². The van der Waals surface area contributed by atoms with Gasteiger partial charge in [0, 0.05) is 12.2 Å². The Labute approximate surface area is 81.7 Å². The molecule has 0 fully saturated rings. The Morgan fingerprint density at radius 2 is 2.08 bits per heavy atom. The number of rotatable bonds is 2. The lowest BCUT2D eigenvalue weighted by molar-refractivity contribution is 0.260. The monoisotopic (exact) mass is 196 g/mol. The molecule has 0 heterocycles. The van der Waals surface area contributed by atoms with Crippen molar-refractivity contribution in [2.75, 3.05) is 12.0 Å². The van der Waals surface area contributed by atoms with Crippen molar-refractivity contribution >= 4 is 22.7 Å². The maximum absolute atomic E-state index is 10.9. The molecule has 13 heavy (non-hydrogen) atoms. The Morgan fingerprint density at radius 3 is 2.62 bits per heavy atom. The number of carbonyl (C=O) groups excluding carboxylic acids is 1. The third-order valence-electron chi connectivity index (χ3n) is 1.60. The first-order valence-electron chi connectivity index (χ1n) is 3.88. The highest BCUT2D eigenvalue weighted by molar-refractivity contribution is 8.12. The molecule has 0 aliphatic rings. The lowest BCUT2D eigenvalue weighted by Gasteiger charge is -2.02. The molecule has 1 rings (SSSR count). The van der Waals surface area contributed by atoms with E-state index in [0.29, 0.717) is 6.54 Å². The highest BCUT2D eigenvalue weighted by Gasteiger charge is 1.97. The highest BCUT2D eigenvalue weighted by atomic mass is 32.2. The van der Waals surface area contributed by atoms with Crippen LogP contribution in [0.25, 0.3) is 0 Å². The van der Waals surface area contributed by atoms with E-state index in [-0.39, 0.29) is 5.24 Å². The van der Waals surface area contributed by atoms with Gasteiger partial charge in [-0.05, 0) is 24.0 Å². The van der Waals surface area contributed by atoms with E-state index in [1.807, 2.05) is 24.3 Å². The molecule has 4 heteroatoms. The maximum atomic E-state index is 10.9. The molecule has 1 amide bonds. The summed E-state index contributed by atoms with van der Waals surface area (Å²) in [6.45, 7) is 0.556. The fraction of sp³-hybridized carbons (Fsp3) is 0.222. The predicted molar refractivity (Wildman–Crippen MR) is 56.6 cm³/mol. The second-order valence-corrected chi connectivity index (χ2v) is 3.37. The van der Waals surface area contributed by atoms with Crippen LogP contribution in [0.2, 0.25) is 0 Å². The summed E-state index contributed by atoms with van der Waals surface area (Å²) in [6.07, 6.45) is 1.75. The third-order valence-corrected chi connectivity index (χ3v) is 2.12. The predicted octanol–water partition coefficient (Wildman–Crippen LogP) is 1.84. The van der Waals surface area contributed by atoms with Crippen molar-refractivity contribution in [3.63, 3.8) is 0 Å². The molecule has 0 radical (unpaired) electrons. The zero-order valence-electron chi connectivity index (χ0n) is 7.41. The van der Waals surface area contributed by atoms with E-state index in [4.69, 9.17) is 5.73 Å². The molecule has 3 N–H and O–H groups in total. The van der Waals surface area contributed by atoms with Crippen molar-refractivity contribution in [3.05, 3.63) is 29.8 Å². The molecule has 0 saturated heterocycles. The van der Waals surface area contributed by atoms with Gasteiger partial charge in [0.2, 0.25) is 0 Å². The van der Waals surface area contributed by atoms with Crippen molar-refractivity contribution in [2.24, 2.45) is 0 Å². The van der Waals surface area contributed by atoms with Crippen LogP contribution in [0, 0.1) is 0 Å². The summed E-state index contributed by atoms with van der Waals surface area (Å²) in [5.41, 5.74) is 7.31. The van der Waals surface area contributed by atoms with E-state index in [2.05, 4.69) is 5.32 Å². The third kappa shape index (κ3) is 3.38. The van der Waals surface area contributed by atoms with Crippen molar-refractivity contribution in [2.45, 2.75) is 6.54 Å². The molecule has 0 spiro atoms. The topological polar surface area (TPSA) is 55.1 Å². The minimum Gasteiger partial charge on any atom is -0.399 e. The fourth-order valence-corrected chi connectivity index (χ4v) is 1.10. The second kappa shape index (κ2) is 4.77. The average molecular weight is 196 g/mol. The molecule has 0 aromatic heterocycles. The molecule has 0 aliphatic carbocycles. The van der Waals surface area contributed by atoms with Crippen LogP contribution in [0.3, 0.4) is 0 Å². The zero-order chi connectivity index (χ0) is 9.68. The van der Waals surface area contributed by atoms with Gasteiger partial charge < -0.3 is 11.1 Å². The number of hydrogen-bond acceptors (Lipinski definition) is 3. The van der Waals surface area contributed by atoms with Crippen LogP contribution in [0.5, 0.6) is 0 Å².